The van der Waals surface area contributed by atoms with Crippen molar-refractivity contribution in [2.24, 2.45) is 40.4 Å². The van der Waals surface area contributed by atoms with Gasteiger partial charge in [-0.3, -0.25) is 4.79 Å². The van der Waals surface area contributed by atoms with Crippen LogP contribution in [0.15, 0.2) is 11.6 Å². The summed E-state index contributed by atoms with van der Waals surface area (Å²) < 4.78 is 12.1. The van der Waals surface area contributed by atoms with E-state index in [0.717, 1.165) is 19.4 Å². The van der Waals surface area contributed by atoms with Gasteiger partial charge in [0.1, 0.15) is 6.10 Å². The van der Waals surface area contributed by atoms with E-state index in [9.17, 15) is 4.79 Å². The summed E-state index contributed by atoms with van der Waals surface area (Å²) in [5, 5.41) is 0. The molecule has 0 N–H and O–H groups in total. The summed E-state index contributed by atoms with van der Waals surface area (Å²) in [4.78, 5) is 13.0. The van der Waals surface area contributed by atoms with Crippen LogP contribution in [-0.4, -0.2) is 24.8 Å². The molecule has 23 heavy (non-hydrogen) atoms. The van der Waals surface area contributed by atoms with Gasteiger partial charge in [0.05, 0.1) is 18.1 Å². The van der Waals surface area contributed by atoms with Gasteiger partial charge < -0.3 is 9.47 Å². The molecule has 6 fully saturated rings. The molecular weight excluding hydrogens is 288 g/mol. The van der Waals surface area contributed by atoms with Crippen molar-refractivity contribution in [2.75, 3.05) is 6.61 Å². The van der Waals surface area contributed by atoms with Gasteiger partial charge in [-0.15, -0.1) is 0 Å². The predicted molar refractivity (Wildman–Crippen MR) is 84.5 cm³/mol. The number of carbonyl (C=O) groups excluding carboxylic acids is 1. The molecule has 4 aliphatic carbocycles. The van der Waals surface area contributed by atoms with Gasteiger partial charge in [-0.25, -0.2) is 0 Å². The van der Waals surface area contributed by atoms with Crippen molar-refractivity contribution in [3.8, 4) is 0 Å². The summed E-state index contributed by atoms with van der Waals surface area (Å²) >= 11 is 0. The van der Waals surface area contributed by atoms with E-state index >= 15 is 0 Å². The SMILES string of the molecule is CC1=C[C@H]2C[C@]3(CC[C@@]45C(=O)O[C@@H](C[C@H]4C)[C@H]4C[C@H]1[C@@H]3[C@H]45)CO2. The quantitative estimate of drug-likeness (QED) is 0.508. The zero-order valence-electron chi connectivity index (χ0n) is 14.1. The fourth-order valence-electron chi connectivity index (χ4n) is 8.11. The number of hydrogen-bond acceptors (Lipinski definition) is 3. The zero-order valence-corrected chi connectivity index (χ0v) is 14.1. The molecule has 3 nitrogen and oxygen atoms in total. The number of fused-ring (bicyclic) bond motifs is 3. The van der Waals surface area contributed by atoms with E-state index in [2.05, 4.69) is 19.9 Å². The summed E-state index contributed by atoms with van der Waals surface area (Å²) in [7, 11) is 0. The maximum Gasteiger partial charge on any atom is 0.312 e. The third-order valence-corrected chi connectivity index (χ3v) is 8.95. The maximum atomic E-state index is 13.0. The Hall–Kier alpha value is -0.830. The second kappa shape index (κ2) is 3.87. The molecule has 3 saturated heterocycles. The van der Waals surface area contributed by atoms with Crippen LogP contribution in [0, 0.1) is 40.4 Å². The molecule has 0 amide bonds. The molecule has 4 bridgehead atoms. The number of esters is 1. The molecule has 0 aromatic rings. The Bertz CT molecular complexity index is 639. The average molecular weight is 314 g/mol. The van der Waals surface area contributed by atoms with E-state index in [0.29, 0.717) is 41.1 Å². The lowest BCUT2D eigenvalue weighted by Crippen LogP contribution is -2.65. The largest absolute Gasteiger partial charge is 0.462 e. The van der Waals surface area contributed by atoms with Crippen LogP contribution in [0.1, 0.15) is 46.0 Å². The summed E-state index contributed by atoms with van der Waals surface area (Å²) in [5.74, 6) is 3.14. The maximum absolute atomic E-state index is 13.0. The summed E-state index contributed by atoms with van der Waals surface area (Å²) in [6.07, 6.45) is 8.68. The highest BCUT2D eigenvalue weighted by atomic mass is 16.5. The van der Waals surface area contributed by atoms with Crippen LogP contribution in [0.25, 0.3) is 0 Å². The molecule has 7 rings (SSSR count). The lowest BCUT2D eigenvalue weighted by molar-refractivity contribution is -0.234. The average Bonchev–Trinajstić information content (AvgIpc) is 3.06. The molecule has 124 valence electrons. The van der Waals surface area contributed by atoms with Gasteiger partial charge in [0, 0.05) is 11.3 Å². The predicted octanol–water partition coefficient (Wildman–Crippen LogP) is 3.34. The highest BCUT2D eigenvalue weighted by Crippen LogP contribution is 2.74. The summed E-state index contributed by atoms with van der Waals surface area (Å²) in [6.45, 7) is 5.56. The van der Waals surface area contributed by atoms with Gasteiger partial charge in [0.2, 0.25) is 0 Å². The van der Waals surface area contributed by atoms with Crippen LogP contribution in [0.4, 0.5) is 0 Å². The van der Waals surface area contributed by atoms with E-state index < -0.39 is 0 Å². The van der Waals surface area contributed by atoms with E-state index in [4.69, 9.17) is 9.47 Å². The van der Waals surface area contributed by atoms with Gasteiger partial charge in [0.15, 0.2) is 0 Å². The minimum Gasteiger partial charge on any atom is -0.462 e. The first-order chi connectivity index (χ1) is 11.1. The fourth-order valence-corrected chi connectivity index (χ4v) is 8.11. The Labute approximate surface area is 137 Å². The number of ether oxygens (including phenoxy) is 2. The van der Waals surface area contributed by atoms with Crippen LogP contribution in [0.5, 0.6) is 0 Å². The minimum atomic E-state index is -0.174. The van der Waals surface area contributed by atoms with Crippen molar-refractivity contribution < 1.29 is 14.3 Å². The van der Waals surface area contributed by atoms with Gasteiger partial charge in [-0.1, -0.05) is 18.6 Å². The topological polar surface area (TPSA) is 35.5 Å². The Balaban J connectivity index is 1.57. The van der Waals surface area contributed by atoms with Crippen molar-refractivity contribution >= 4 is 5.97 Å². The fraction of sp³-hybridized carbons (Fsp3) is 0.850. The van der Waals surface area contributed by atoms with E-state index in [1.165, 1.54) is 24.8 Å². The van der Waals surface area contributed by atoms with E-state index in [1.807, 2.05) is 0 Å². The molecule has 3 saturated carbocycles. The Morgan fingerprint density at radius 3 is 2.91 bits per heavy atom. The van der Waals surface area contributed by atoms with Crippen LogP contribution in [0.2, 0.25) is 0 Å². The molecule has 3 heteroatoms. The normalized spacial score (nSPS) is 61.7. The number of allylic oxidation sites excluding steroid dienone is 1. The monoisotopic (exact) mass is 314 g/mol. The molecule has 0 unspecified atom stereocenters. The first-order valence-corrected chi connectivity index (χ1v) is 9.56. The first kappa shape index (κ1) is 13.5. The van der Waals surface area contributed by atoms with E-state index in [-0.39, 0.29) is 17.5 Å². The summed E-state index contributed by atoms with van der Waals surface area (Å²) in [6, 6.07) is 0. The Morgan fingerprint density at radius 1 is 1.22 bits per heavy atom. The standard InChI is InChI=1S/C20H26O3/c1-10-5-12-8-19(9-22-12)3-4-20-11(2)6-15(23-18(20)21)14-7-13(10)16(19)17(14)20/h5,11-17H,3-4,6-9H2,1-2H3/t11-,12+,13-,14-,15+,16-,17+,19-,20-/m1/s1. The van der Waals surface area contributed by atoms with Crippen molar-refractivity contribution in [1.29, 1.82) is 0 Å². The highest BCUT2D eigenvalue weighted by Gasteiger charge is 2.74. The van der Waals surface area contributed by atoms with E-state index in [1.54, 1.807) is 0 Å². The molecule has 0 aromatic carbocycles. The molecular formula is C20H26O3. The lowest BCUT2D eigenvalue weighted by atomic mass is 9.44. The smallest absolute Gasteiger partial charge is 0.312 e. The van der Waals surface area contributed by atoms with Crippen LogP contribution < -0.4 is 0 Å². The van der Waals surface area contributed by atoms with Gasteiger partial charge in [-0.2, -0.15) is 0 Å². The van der Waals surface area contributed by atoms with Crippen molar-refractivity contribution in [3.05, 3.63) is 11.6 Å². The number of rotatable bonds is 0. The Morgan fingerprint density at radius 2 is 2.09 bits per heavy atom. The second-order valence-corrected chi connectivity index (χ2v) is 9.51. The summed E-state index contributed by atoms with van der Waals surface area (Å²) in [5.41, 5.74) is 1.70. The van der Waals surface area contributed by atoms with Gasteiger partial charge in [-0.05, 0) is 62.7 Å². The van der Waals surface area contributed by atoms with Crippen LogP contribution in [0.3, 0.4) is 0 Å². The molecule has 7 aliphatic rings. The molecule has 2 spiro atoms. The number of carbonyl (C=O) groups is 1. The van der Waals surface area contributed by atoms with Crippen molar-refractivity contribution in [2.45, 2.75) is 58.2 Å². The number of hydrogen-bond donors (Lipinski definition) is 0. The van der Waals surface area contributed by atoms with Crippen LogP contribution >= 0.6 is 0 Å². The molecule has 9 atom stereocenters. The second-order valence-electron chi connectivity index (χ2n) is 9.51. The third kappa shape index (κ3) is 1.31. The molecule has 0 radical (unpaired) electrons. The Kier molecular flexibility index (Phi) is 2.27. The minimum absolute atomic E-state index is 0.152. The van der Waals surface area contributed by atoms with Crippen molar-refractivity contribution in [3.63, 3.8) is 0 Å². The first-order valence-electron chi connectivity index (χ1n) is 9.56. The van der Waals surface area contributed by atoms with Gasteiger partial charge >= 0.3 is 5.97 Å². The zero-order chi connectivity index (χ0) is 15.6. The van der Waals surface area contributed by atoms with Crippen molar-refractivity contribution in [1.82, 2.24) is 0 Å². The lowest BCUT2D eigenvalue weighted by Gasteiger charge is -2.62. The molecule has 3 aliphatic heterocycles. The molecule has 3 heterocycles. The van der Waals surface area contributed by atoms with Crippen LogP contribution in [-0.2, 0) is 14.3 Å². The van der Waals surface area contributed by atoms with Gasteiger partial charge in [0.25, 0.3) is 0 Å². The molecule has 0 aromatic heterocycles. The highest BCUT2D eigenvalue weighted by molar-refractivity contribution is 5.80. The third-order valence-electron chi connectivity index (χ3n) is 8.95.